The number of nitrogens with zero attached hydrogens (tertiary/aromatic N) is 1. The van der Waals surface area contributed by atoms with Crippen molar-refractivity contribution in [1.82, 2.24) is 4.90 Å². The number of hydrogen-bond acceptors (Lipinski definition) is 4. The van der Waals surface area contributed by atoms with Crippen molar-refractivity contribution in [3.63, 3.8) is 0 Å². The van der Waals surface area contributed by atoms with Crippen LogP contribution in [0.2, 0.25) is 0 Å². The Morgan fingerprint density at radius 2 is 1.85 bits per heavy atom. The molecule has 20 heavy (non-hydrogen) atoms. The molecule has 1 saturated heterocycles. The second kappa shape index (κ2) is 7.80. The molecular formula is C16H21NO3. The van der Waals surface area contributed by atoms with Crippen LogP contribution in [0.15, 0.2) is 30.3 Å². The van der Waals surface area contributed by atoms with Gasteiger partial charge in [0.05, 0.1) is 13.2 Å². The summed E-state index contributed by atoms with van der Waals surface area (Å²) >= 11 is 0. The van der Waals surface area contributed by atoms with Gasteiger partial charge in [0.15, 0.2) is 0 Å². The van der Waals surface area contributed by atoms with Crippen molar-refractivity contribution in [3.8, 4) is 0 Å². The fourth-order valence-corrected chi connectivity index (χ4v) is 2.30. The first-order chi connectivity index (χ1) is 9.74. The smallest absolute Gasteiger partial charge is 0.320 e. The molecule has 0 radical (unpaired) electrons. The number of carbonyl (C=O) groups excluding carboxylic acids is 2. The molecular weight excluding hydrogens is 254 g/mol. The minimum Gasteiger partial charge on any atom is -0.465 e. The van der Waals surface area contributed by atoms with Crippen LogP contribution >= 0.6 is 0 Å². The molecule has 4 nitrogen and oxygen atoms in total. The van der Waals surface area contributed by atoms with Crippen LogP contribution < -0.4 is 0 Å². The number of aryl methyl sites for hydroxylation is 1. The van der Waals surface area contributed by atoms with Gasteiger partial charge in [0.1, 0.15) is 5.78 Å². The maximum absolute atomic E-state index is 11.7. The van der Waals surface area contributed by atoms with E-state index >= 15 is 0 Å². The molecule has 1 fully saturated rings. The van der Waals surface area contributed by atoms with Gasteiger partial charge in [-0.25, -0.2) is 0 Å². The van der Waals surface area contributed by atoms with Gasteiger partial charge in [-0.2, -0.15) is 0 Å². The Morgan fingerprint density at radius 1 is 1.15 bits per heavy atom. The van der Waals surface area contributed by atoms with Crippen LogP contribution in [0.4, 0.5) is 0 Å². The third-order valence-electron chi connectivity index (χ3n) is 3.48. The second-order valence-electron chi connectivity index (χ2n) is 5.12. The van der Waals surface area contributed by atoms with E-state index in [-0.39, 0.29) is 11.8 Å². The number of hydrogen-bond donors (Lipinski definition) is 0. The highest BCUT2D eigenvalue weighted by molar-refractivity contribution is 5.80. The molecule has 2 rings (SSSR count). The molecule has 0 aliphatic carbocycles. The molecule has 1 aliphatic rings. The zero-order valence-electron chi connectivity index (χ0n) is 11.7. The lowest BCUT2D eigenvalue weighted by Gasteiger charge is -2.24. The van der Waals surface area contributed by atoms with Gasteiger partial charge in [0.25, 0.3) is 0 Å². The highest BCUT2D eigenvalue weighted by Gasteiger charge is 2.18. The van der Waals surface area contributed by atoms with Crippen LogP contribution in [0.3, 0.4) is 0 Å². The van der Waals surface area contributed by atoms with Gasteiger partial charge < -0.3 is 4.74 Å². The molecule has 4 heteroatoms. The lowest BCUT2D eigenvalue weighted by molar-refractivity contribution is -0.146. The average molecular weight is 275 g/mol. The van der Waals surface area contributed by atoms with Crippen LogP contribution in [-0.4, -0.2) is 42.9 Å². The second-order valence-corrected chi connectivity index (χ2v) is 5.12. The van der Waals surface area contributed by atoms with E-state index in [0.717, 1.165) is 12.8 Å². The molecule has 1 aromatic rings. The Hall–Kier alpha value is -1.68. The molecule has 0 unspecified atom stereocenters. The number of piperidine rings is 1. The van der Waals surface area contributed by atoms with Crippen LogP contribution in [0, 0.1) is 0 Å². The zero-order chi connectivity index (χ0) is 14.2. The topological polar surface area (TPSA) is 46.6 Å². The molecule has 0 bridgehead atoms. The highest BCUT2D eigenvalue weighted by Crippen LogP contribution is 2.06. The summed E-state index contributed by atoms with van der Waals surface area (Å²) in [6.07, 6.45) is 2.88. The first-order valence-corrected chi connectivity index (χ1v) is 7.17. The third kappa shape index (κ3) is 5.13. The van der Waals surface area contributed by atoms with E-state index < -0.39 is 0 Å². The number of likely N-dealkylation sites (tertiary alicyclic amines) is 1. The van der Waals surface area contributed by atoms with Crippen molar-refractivity contribution >= 4 is 11.8 Å². The molecule has 1 heterocycles. The molecule has 0 saturated carbocycles. The van der Waals surface area contributed by atoms with Gasteiger partial charge in [0, 0.05) is 25.9 Å². The van der Waals surface area contributed by atoms with Crippen molar-refractivity contribution < 1.29 is 14.3 Å². The van der Waals surface area contributed by atoms with Gasteiger partial charge in [0.2, 0.25) is 0 Å². The quantitative estimate of drug-likeness (QED) is 0.587. The van der Waals surface area contributed by atoms with E-state index in [1.807, 2.05) is 23.1 Å². The molecule has 0 spiro atoms. The minimum absolute atomic E-state index is 0.188. The Balaban J connectivity index is 1.57. The number of ether oxygens (including phenoxy) is 1. The summed E-state index contributed by atoms with van der Waals surface area (Å²) in [5, 5.41) is 0. The summed E-state index contributed by atoms with van der Waals surface area (Å²) in [6, 6.07) is 10.2. The Bertz CT molecular complexity index is 434. The largest absolute Gasteiger partial charge is 0.465 e. The molecule has 0 N–H and O–H groups in total. The summed E-state index contributed by atoms with van der Waals surface area (Å²) in [5.74, 6) is 0.102. The van der Waals surface area contributed by atoms with E-state index in [1.54, 1.807) is 0 Å². The van der Waals surface area contributed by atoms with Crippen molar-refractivity contribution in [1.29, 1.82) is 0 Å². The summed E-state index contributed by atoms with van der Waals surface area (Å²) < 4.78 is 5.23. The summed E-state index contributed by atoms with van der Waals surface area (Å²) in [5.41, 5.74) is 1.26. The molecule has 0 amide bonds. The van der Waals surface area contributed by atoms with Crippen molar-refractivity contribution in [3.05, 3.63) is 35.9 Å². The highest BCUT2D eigenvalue weighted by atomic mass is 16.5. The van der Waals surface area contributed by atoms with Crippen molar-refractivity contribution in [2.45, 2.75) is 25.7 Å². The van der Waals surface area contributed by atoms with Crippen LogP contribution in [0.1, 0.15) is 24.8 Å². The number of carbonyl (C=O) groups is 2. The maximum Gasteiger partial charge on any atom is 0.320 e. The Labute approximate surface area is 119 Å². The number of ketones is 1. The third-order valence-corrected chi connectivity index (χ3v) is 3.48. The van der Waals surface area contributed by atoms with Gasteiger partial charge in [-0.05, 0) is 18.4 Å². The van der Waals surface area contributed by atoms with E-state index in [9.17, 15) is 9.59 Å². The normalized spacial score (nSPS) is 16.1. The van der Waals surface area contributed by atoms with Gasteiger partial charge in [-0.3, -0.25) is 14.5 Å². The average Bonchev–Trinajstić information content (AvgIpc) is 2.47. The molecule has 0 aromatic heterocycles. The fraction of sp³-hybridized carbons (Fsp3) is 0.500. The van der Waals surface area contributed by atoms with Crippen molar-refractivity contribution in [2.75, 3.05) is 26.2 Å². The lowest BCUT2D eigenvalue weighted by atomic mass is 10.1. The van der Waals surface area contributed by atoms with E-state index in [1.165, 1.54) is 5.56 Å². The van der Waals surface area contributed by atoms with Gasteiger partial charge >= 0.3 is 5.97 Å². The first kappa shape index (κ1) is 14.7. The van der Waals surface area contributed by atoms with Gasteiger partial charge in [-0.15, -0.1) is 0 Å². The van der Waals surface area contributed by atoms with E-state index in [0.29, 0.717) is 39.1 Å². The Morgan fingerprint density at radius 3 is 2.55 bits per heavy atom. The van der Waals surface area contributed by atoms with E-state index in [4.69, 9.17) is 4.74 Å². The molecule has 1 aliphatic heterocycles. The predicted molar refractivity (Wildman–Crippen MR) is 76.4 cm³/mol. The summed E-state index contributed by atoms with van der Waals surface area (Å²) in [7, 11) is 0. The van der Waals surface area contributed by atoms with Crippen LogP contribution in [0.5, 0.6) is 0 Å². The van der Waals surface area contributed by atoms with Crippen LogP contribution in [0.25, 0.3) is 0 Å². The zero-order valence-corrected chi connectivity index (χ0v) is 11.7. The van der Waals surface area contributed by atoms with Gasteiger partial charge in [-0.1, -0.05) is 30.3 Å². The van der Waals surface area contributed by atoms with E-state index in [2.05, 4.69) is 12.1 Å². The van der Waals surface area contributed by atoms with Crippen LogP contribution in [-0.2, 0) is 20.7 Å². The fourth-order valence-electron chi connectivity index (χ4n) is 2.30. The summed E-state index contributed by atoms with van der Waals surface area (Å²) in [6.45, 7) is 2.12. The molecule has 108 valence electrons. The number of Topliss-reactive ketones (excluding diaryl/α,β-unsaturated/α-hetero) is 1. The lowest BCUT2D eigenvalue weighted by Crippen LogP contribution is -2.38. The number of esters is 1. The monoisotopic (exact) mass is 275 g/mol. The number of benzene rings is 1. The number of rotatable bonds is 6. The Kier molecular flexibility index (Phi) is 5.74. The maximum atomic E-state index is 11.7. The minimum atomic E-state index is -0.188. The SMILES string of the molecule is O=C1CCN(CC(=O)OCCCc2ccccc2)CC1. The van der Waals surface area contributed by atoms with Crippen molar-refractivity contribution in [2.24, 2.45) is 0 Å². The molecule has 0 atom stereocenters. The summed E-state index contributed by atoms with van der Waals surface area (Å²) in [4.78, 5) is 24.7. The predicted octanol–water partition coefficient (Wildman–Crippen LogP) is 1.83. The first-order valence-electron chi connectivity index (χ1n) is 7.17. The standard InChI is InChI=1S/C16H21NO3/c18-15-8-10-17(11-9-15)13-16(19)20-12-4-7-14-5-2-1-3-6-14/h1-3,5-6H,4,7-13H2. The molecule has 1 aromatic carbocycles.